The van der Waals surface area contributed by atoms with Crippen molar-refractivity contribution in [1.29, 1.82) is 0 Å². The molecule has 0 spiro atoms. The van der Waals surface area contributed by atoms with Crippen molar-refractivity contribution in [3.05, 3.63) is 42.6 Å². The van der Waals surface area contributed by atoms with Gasteiger partial charge in [0, 0.05) is 17.8 Å². The van der Waals surface area contributed by atoms with Crippen molar-refractivity contribution in [3.63, 3.8) is 0 Å². The summed E-state index contributed by atoms with van der Waals surface area (Å²) in [5, 5.41) is 9.64. The second-order valence-electron chi connectivity index (χ2n) is 3.02. The highest BCUT2D eigenvalue weighted by Crippen LogP contribution is 2.29. The Hall–Kier alpha value is -2.03. The van der Waals surface area contributed by atoms with Crippen LogP contribution in [-0.2, 0) is 0 Å². The largest absolute Gasteiger partial charge is 0.507 e. The van der Waals surface area contributed by atoms with E-state index in [0.717, 1.165) is 5.56 Å². The highest BCUT2D eigenvalue weighted by molar-refractivity contribution is 5.69. The smallest absolute Gasteiger partial charge is 0.213 e. The summed E-state index contributed by atoms with van der Waals surface area (Å²) in [7, 11) is 1.56. The second kappa shape index (κ2) is 4.00. The lowest BCUT2D eigenvalue weighted by Gasteiger charge is -2.04. The summed E-state index contributed by atoms with van der Waals surface area (Å²) in [5.41, 5.74) is 1.48. The lowest BCUT2D eigenvalue weighted by Crippen LogP contribution is -1.87. The predicted octanol–water partition coefficient (Wildman–Crippen LogP) is 2.26. The van der Waals surface area contributed by atoms with Crippen LogP contribution in [0.25, 0.3) is 11.1 Å². The van der Waals surface area contributed by atoms with Gasteiger partial charge in [0.2, 0.25) is 5.88 Å². The molecule has 2 aromatic rings. The fraction of sp³-hybridized carbons (Fsp3) is 0.0833. The van der Waals surface area contributed by atoms with E-state index in [2.05, 4.69) is 11.1 Å². The first-order chi connectivity index (χ1) is 7.31. The summed E-state index contributed by atoms with van der Waals surface area (Å²) in [4.78, 5) is 4.00. The quantitative estimate of drug-likeness (QED) is 0.808. The zero-order chi connectivity index (χ0) is 10.7. The molecular formula is C12H10NO2. The summed E-state index contributed by atoms with van der Waals surface area (Å²) in [6.45, 7) is 0. The van der Waals surface area contributed by atoms with Crippen LogP contribution < -0.4 is 4.74 Å². The van der Waals surface area contributed by atoms with Gasteiger partial charge in [-0.1, -0.05) is 12.1 Å². The summed E-state index contributed by atoms with van der Waals surface area (Å²) in [5.74, 6) is 0.718. The van der Waals surface area contributed by atoms with Crippen LogP contribution in [0.1, 0.15) is 0 Å². The summed E-state index contributed by atoms with van der Waals surface area (Å²) < 4.78 is 5.01. The SMILES string of the molecule is COc1cc(-c2[c]cccc2O)ccn1. The Morgan fingerprint density at radius 1 is 1.40 bits per heavy atom. The van der Waals surface area contributed by atoms with Crippen LogP contribution in [0, 0.1) is 6.07 Å². The van der Waals surface area contributed by atoms with Crippen LogP contribution >= 0.6 is 0 Å². The molecule has 0 fully saturated rings. The number of benzene rings is 1. The molecule has 1 radical (unpaired) electrons. The molecule has 15 heavy (non-hydrogen) atoms. The zero-order valence-electron chi connectivity index (χ0n) is 8.27. The van der Waals surface area contributed by atoms with Crippen molar-refractivity contribution in [1.82, 2.24) is 4.98 Å². The van der Waals surface area contributed by atoms with E-state index in [9.17, 15) is 5.11 Å². The molecule has 1 aromatic carbocycles. The third-order valence-corrected chi connectivity index (χ3v) is 2.07. The fourth-order valence-electron chi connectivity index (χ4n) is 1.34. The summed E-state index contributed by atoms with van der Waals surface area (Å²) in [6.07, 6.45) is 1.63. The normalized spacial score (nSPS) is 9.93. The molecule has 1 aromatic heterocycles. The second-order valence-corrected chi connectivity index (χ2v) is 3.02. The van der Waals surface area contributed by atoms with Gasteiger partial charge in [-0.15, -0.1) is 0 Å². The standard InChI is InChI=1S/C12H10NO2/c1-15-12-8-9(6-7-13-12)10-4-2-3-5-11(10)14/h2-3,5-8,14H,1H3. The fourth-order valence-corrected chi connectivity index (χ4v) is 1.34. The van der Waals surface area contributed by atoms with Gasteiger partial charge in [0.05, 0.1) is 7.11 Å². The Kier molecular flexibility index (Phi) is 2.54. The molecule has 0 aliphatic heterocycles. The van der Waals surface area contributed by atoms with E-state index in [1.54, 1.807) is 43.6 Å². The van der Waals surface area contributed by atoms with E-state index in [-0.39, 0.29) is 5.75 Å². The van der Waals surface area contributed by atoms with Gasteiger partial charge in [0.1, 0.15) is 5.75 Å². The summed E-state index contributed by atoms with van der Waals surface area (Å²) in [6, 6.07) is 11.6. The Balaban J connectivity index is 2.49. The number of rotatable bonds is 2. The third kappa shape index (κ3) is 1.91. The highest BCUT2D eigenvalue weighted by Gasteiger charge is 2.04. The number of pyridine rings is 1. The Morgan fingerprint density at radius 2 is 2.27 bits per heavy atom. The number of aromatic nitrogens is 1. The van der Waals surface area contributed by atoms with Crippen molar-refractivity contribution >= 4 is 0 Å². The van der Waals surface area contributed by atoms with Crippen molar-refractivity contribution in [2.45, 2.75) is 0 Å². The van der Waals surface area contributed by atoms with E-state index >= 15 is 0 Å². The number of phenols is 1. The van der Waals surface area contributed by atoms with Crippen LogP contribution in [0.15, 0.2) is 36.5 Å². The van der Waals surface area contributed by atoms with Crippen molar-refractivity contribution in [2.75, 3.05) is 7.11 Å². The van der Waals surface area contributed by atoms with Gasteiger partial charge in [-0.05, 0) is 23.8 Å². The van der Waals surface area contributed by atoms with Gasteiger partial charge in [-0.3, -0.25) is 0 Å². The monoisotopic (exact) mass is 200 g/mol. The van der Waals surface area contributed by atoms with Crippen LogP contribution in [0.3, 0.4) is 0 Å². The first kappa shape index (κ1) is 9.52. The minimum atomic E-state index is 0.200. The van der Waals surface area contributed by atoms with Crippen molar-refractivity contribution in [3.8, 4) is 22.8 Å². The van der Waals surface area contributed by atoms with E-state index in [4.69, 9.17) is 4.74 Å². The van der Waals surface area contributed by atoms with E-state index in [1.807, 2.05) is 0 Å². The summed E-state index contributed by atoms with van der Waals surface area (Å²) >= 11 is 0. The number of ether oxygens (including phenoxy) is 1. The van der Waals surface area contributed by atoms with Gasteiger partial charge in [-0.2, -0.15) is 0 Å². The number of methoxy groups -OCH3 is 1. The molecule has 0 bridgehead atoms. The predicted molar refractivity (Wildman–Crippen MR) is 56.7 cm³/mol. The minimum Gasteiger partial charge on any atom is -0.507 e. The average Bonchev–Trinajstić information content (AvgIpc) is 2.30. The number of phenolic OH excluding ortho intramolecular Hbond substituents is 1. The van der Waals surface area contributed by atoms with E-state index < -0.39 is 0 Å². The molecule has 0 unspecified atom stereocenters. The van der Waals surface area contributed by atoms with Crippen LogP contribution in [-0.4, -0.2) is 17.2 Å². The third-order valence-electron chi connectivity index (χ3n) is 2.07. The van der Waals surface area contributed by atoms with Crippen LogP contribution in [0.5, 0.6) is 11.6 Å². The Bertz CT molecular complexity index is 469. The molecule has 75 valence electrons. The average molecular weight is 200 g/mol. The number of hydrogen-bond donors (Lipinski definition) is 1. The molecular weight excluding hydrogens is 190 g/mol. The molecule has 2 rings (SSSR count). The Labute approximate surface area is 88.0 Å². The molecule has 0 saturated heterocycles. The molecule has 1 N–H and O–H groups in total. The van der Waals surface area contributed by atoms with E-state index in [1.165, 1.54) is 0 Å². The van der Waals surface area contributed by atoms with Crippen LogP contribution in [0.2, 0.25) is 0 Å². The van der Waals surface area contributed by atoms with Crippen molar-refractivity contribution in [2.24, 2.45) is 0 Å². The van der Waals surface area contributed by atoms with Gasteiger partial charge in [0.25, 0.3) is 0 Å². The Morgan fingerprint density at radius 3 is 3.00 bits per heavy atom. The highest BCUT2D eigenvalue weighted by atomic mass is 16.5. The topological polar surface area (TPSA) is 42.4 Å². The molecule has 1 heterocycles. The molecule has 0 aliphatic carbocycles. The minimum absolute atomic E-state index is 0.200. The zero-order valence-corrected chi connectivity index (χ0v) is 8.27. The molecule has 0 saturated carbocycles. The molecule has 3 heteroatoms. The molecule has 0 amide bonds. The maximum atomic E-state index is 9.64. The molecule has 0 atom stereocenters. The first-order valence-corrected chi connectivity index (χ1v) is 4.51. The van der Waals surface area contributed by atoms with Gasteiger partial charge >= 0.3 is 0 Å². The number of nitrogens with zero attached hydrogens (tertiary/aromatic N) is 1. The van der Waals surface area contributed by atoms with Gasteiger partial charge in [0.15, 0.2) is 0 Å². The lowest BCUT2D eigenvalue weighted by molar-refractivity contribution is 0.398. The van der Waals surface area contributed by atoms with Crippen molar-refractivity contribution < 1.29 is 9.84 Å². The number of hydrogen-bond acceptors (Lipinski definition) is 3. The molecule has 3 nitrogen and oxygen atoms in total. The van der Waals surface area contributed by atoms with Gasteiger partial charge in [-0.25, -0.2) is 4.98 Å². The van der Waals surface area contributed by atoms with Crippen LogP contribution in [0.4, 0.5) is 0 Å². The first-order valence-electron chi connectivity index (χ1n) is 4.51. The maximum absolute atomic E-state index is 9.64. The number of aromatic hydroxyl groups is 1. The lowest BCUT2D eigenvalue weighted by atomic mass is 10.1. The molecule has 0 aliphatic rings. The maximum Gasteiger partial charge on any atom is 0.213 e. The van der Waals surface area contributed by atoms with E-state index in [0.29, 0.717) is 11.4 Å². The van der Waals surface area contributed by atoms with Gasteiger partial charge < -0.3 is 9.84 Å².